The summed E-state index contributed by atoms with van der Waals surface area (Å²) >= 11 is 0. The minimum atomic E-state index is 0.651. The number of hydrogen-bond donors (Lipinski definition) is 0. The number of aromatic nitrogens is 1. The van der Waals surface area contributed by atoms with E-state index >= 15 is 0 Å². The van der Waals surface area contributed by atoms with Crippen molar-refractivity contribution in [3.8, 4) is 0 Å². The van der Waals surface area contributed by atoms with Crippen molar-refractivity contribution in [2.45, 2.75) is 13.8 Å². The van der Waals surface area contributed by atoms with Crippen LogP contribution in [0, 0.1) is 0 Å². The summed E-state index contributed by atoms with van der Waals surface area (Å²) in [5, 5.41) is 0. The second-order valence-corrected chi connectivity index (χ2v) is 2.66. The molecular formula is C11H13NO. The first-order valence-electron chi connectivity index (χ1n) is 4.14. The summed E-state index contributed by atoms with van der Waals surface area (Å²) in [6.45, 7) is 7.64. The molecule has 0 fully saturated rings. The SMILES string of the molecule is C=C(O/C(C)=C\C)c1ccncc1. The molecule has 1 aromatic rings. The monoisotopic (exact) mass is 175 g/mol. The van der Waals surface area contributed by atoms with Crippen molar-refractivity contribution in [1.29, 1.82) is 0 Å². The first kappa shape index (κ1) is 9.52. The Morgan fingerprint density at radius 2 is 2.08 bits per heavy atom. The van der Waals surface area contributed by atoms with Gasteiger partial charge < -0.3 is 4.74 Å². The molecule has 0 N–H and O–H groups in total. The van der Waals surface area contributed by atoms with Crippen molar-refractivity contribution in [3.05, 3.63) is 48.5 Å². The van der Waals surface area contributed by atoms with E-state index in [4.69, 9.17) is 4.74 Å². The molecule has 0 unspecified atom stereocenters. The molecule has 0 spiro atoms. The molecule has 0 aliphatic rings. The Hall–Kier alpha value is -1.57. The van der Waals surface area contributed by atoms with Crippen molar-refractivity contribution < 1.29 is 4.74 Å². The Kier molecular flexibility index (Phi) is 3.26. The van der Waals surface area contributed by atoms with Crippen LogP contribution in [0.15, 0.2) is 42.9 Å². The molecule has 0 saturated carbocycles. The van der Waals surface area contributed by atoms with Gasteiger partial charge in [0, 0.05) is 18.0 Å². The van der Waals surface area contributed by atoms with Gasteiger partial charge in [-0.05, 0) is 32.1 Å². The summed E-state index contributed by atoms with van der Waals surface area (Å²) in [5.74, 6) is 1.50. The van der Waals surface area contributed by atoms with Crippen molar-refractivity contribution in [3.63, 3.8) is 0 Å². The van der Waals surface area contributed by atoms with Crippen LogP contribution in [0.2, 0.25) is 0 Å². The summed E-state index contributed by atoms with van der Waals surface area (Å²) in [7, 11) is 0. The lowest BCUT2D eigenvalue weighted by molar-refractivity contribution is 0.385. The maximum atomic E-state index is 5.42. The summed E-state index contributed by atoms with van der Waals surface area (Å²) in [6, 6.07) is 3.73. The summed E-state index contributed by atoms with van der Waals surface area (Å²) in [6.07, 6.45) is 5.33. The van der Waals surface area contributed by atoms with Crippen molar-refractivity contribution >= 4 is 5.76 Å². The summed E-state index contributed by atoms with van der Waals surface area (Å²) in [5.41, 5.74) is 0.955. The third-order valence-electron chi connectivity index (χ3n) is 1.69. The smallest absolute Gasteiger partial charge is 0.127 e. The molecular weight excluding hydrogens is 162 g/mol. The van der Waals surface area contributed by atoms with Gasteiger partial charge in [0.1, 0.15) is 5.76 Å². The second-order valence-electron chi connectivity index (χ2n) is 2.66. The van der Waals surface area contributed by atoms with E-state index in [1.54, 1.807) is 12.4 Å². The fraction of sp³-hybridized carbons (Fsp3) is 0.182. The minimum Gasteiger partial charge on any atom is -0.462 e. The molecule has 1 rings (SSSR count). The number of hydrogen-bond acceptors (Lipinski definition) is 2. The summed E-state index contributed by atoms with van der Waals surface area (Å²) < 4.78 is 5.42. The van der Waals surface area contributed by atoms with Crippen molar-refractivity contribution in [2.75, 3.05) is 0 Å². The molecule has 0 atom stereocenters. The molecule has 13 heavy (non-hydrogen) atoms. The van der Waals surface area contributed by atoms with Crippen LogP contribution >= 0.6 is 0 Å². The molecule has 0 amide bonds. The Morgan fingerprint density at radius 3 is 2.62 bits per heavy atom. The highest BCUT2D eigenvalue weighted by Gasteiger charge is 1.98. The van der Waals surface area contributed by atoms with Gasteiger partial charge in [0.2, 0.25) is 0 Å². The van der Waals surface area contributed by atoms with E-state index in [2.05, 4.69) is 11.6 Å². The molecule has 1 heterocycles. The quantitative estimate of drug-likeness (QED) is 0.659. The maximum Gasteiger partial charge on any atom is 0.127 e. The average Bonchev–Trinajstić information content (AvgIpc) is 2.19. The van der Waals surface area contributed by atoms with E-state index in [-0.39, 0.29) is 0 Å². The number of pyridine rings is 1. The zero-order chi connectivity index (χ0) is 9.68. The van der Waals surface area contributed by atoms with Crippen LogP contribution in [0.25, 0.3) is 5.76 Å². The molecule has 68 valence electrons. The normalized spacial score (nSPS) is 11.1. The molecule has 0 radical (unpaired) electrons. The standard InChI is InChI=1S/C11H13NO/c1-4-9(2)13-10(3)11-5-7-12-8-6-11/h4-8H,3H2,1-2H3/b9-4-. The van der Waals surface area contributed by atoms with Crippen LogP contribution in [0.1, 0.15) is 19.4 Å². The third-order valence-corrected chi connectivity index (χ3v) is 1.69. The largest absolute Gasteiger partial charge is 0.462 e. The first-order valence-corrected chi connectivity index (χ1v) is 4.14. The van der Waals surface area contributed by atoms with Gasteiger partial charge in [0.15, 0.2) is 0 Å². The van der Waals surface area contributed by atoms with Crippen LogP contribution in [0.5, 0.6) is 0 Å². The second kappa shape index (κ2) is 4.45. The highest BCUT2D eigenvalue weighted by atomic mass is 16.5. The topological polar surface area (TPSA) is 22.1 Å². The van der Waals surface area contributed by atoms with E-state index in [0.29, 0.717) is 5.76 Å². The molecule has 0 bridgehead atoms. The molecule has 2 heteroatoms. The van der Waals surface area contributed by atoms with Gasteiger partial charge in [-0.1, -0.05) is 6.58 Å². The first-order chi connectivity index (χ1) is 6.24. The molecule has 0 aromatic carbocycles. The van der Waals surface area contributed by atoms with Crippen LogP contribution in [-0.4, -0.2) is 4.98 Å². The fourth-order valence-corrected chi connectivity index (χ4v) is 0.850. The minimum absolute atomic E-state index is 0.651. The Bertz CT molecular complexity index is 314. The number of allylic oxidation sites excluding steroid dienone is 2. The lowest BCUT2D eigenvalue weighted by Gasteiger charge is -2.07. The van der Waals surface area contributed by atoms with E-state index in [9.17, 15) is 0 Å². The van der Waals surface area contributed by atoms with Gasteiger partial charge in [-0.25, -0.2) is 0 Å². The van der Waals surface area contributed by atoms with Gasteiger partial charge in [0.05, 0.1) is 5.76 Å². The predicted molar refractivity (Wildman–Crippen MR) is 53.8 cm³/mol. The third kappa shape index (κ3) is 2.75. The highest BCUT2D eigenvalue weighted by molar-refractivity contribution is 5.57. The summed E-state index contributed by atoms with van der Waals surface area (Å²) in [4.78, 5) is 3.92. The van der Waals surface area contributed by atoms with Crippen LogP contribution < -0.4 is 0 Å². The van der Waals surface area contributed by atoms with Gasteiger partial charge in [-0.3, -0.25) is 4.98 Å². The molecule has 2 nitrogen and oxygen atoms in total. The van der Waals surface area contributed by atoms with Gasteiger partial charge in [-0.2, -0.15) is 0 Å². The Balaban J connectivity index is 2.70. The Morgan fingerprint density at radius 1 is 1.46 bits per heavy atom. The lowest BCUT2D eigenvalue weighted by atomic mass is 10.2. The lowest BCUT2D eigenvalue weighted by Crippen LogP contribution is -1.88. The molecule has 0 saturated heterocycles. The highest BCUT2D eigenvalue weighted by Crippen LogP contribution is 2.15. The fourth-order valence-electron chi connectivity index (χ4n) is 0.850. The number of rotatable bonds is 3. The van der Waals surface area contributed by atoms with E-state index in [1.165, 1.54) is 0 Å². The number of ether oxygens (including phenoxy) is 1. The predicted octanol–water partition coefficient (Wildman–Crippen LogP) is 2.99. The Labute approximate surface area is 78.6 Å². The maximum absolute atomic E-state index is 5.42. The zero-order valence-corrected chi connectivity index (χ0v) is 7.95. The van der Waals surface area contributed by atoms with Crippen LogP contribution in [0.3, 0.4) is 0 Å². The van der Waals surface area contributed by atoms with Crippen LogP contribution in [0.4, 0.5) is 0 Å². The van der Waals surface area contributed by atoms with Crippen molar-refractivity contribution in [1.82, 2.24) is 4.98 Å². The zero-order valence-electron chi connectivity index (χ0n) is 7.95. The van der Waals surface area contributed by atoms with E-state index < -0.39 is 0 Å². The molecule has 1 aromatic heterocycles. The molecule has 0 aliphatic heterocycles. The van der Waals surface area contributed by atoms with Crippen LogP contribution in [-0.2, 0) is 4.74 Å². The van der Waals surface area contributed by atoms with E-state index in [0.717, 1.165) is 11.3 Å². The van der Waals surface area contributed by atoms with Gasteiger partial charge in [-0.15, -0.1) is 0 Å². The van der Waals surface area contributed by atoms with Crippen molar-refractivity contribution in [2.24, 2.45) is 0 Å². The average molecular weight is 175 g/mol. The van der Waals surface area contributed by atoms with Gasteiger partial charge >= 0.3 is 0 Å². The van der Waals surface area contributed by atoms with E-state index in [1.807, 2.05) is 32.1 Å². The number of nitrogens with zero attached hydrogens (tertiary/aromatic N) is 1. The van der Waals surface area contributed by atoms with Gasteiger partial charge in [0.25, 0.3) is 0 Å². The molecule has 0 aliphatic carbocycles.